The molecule has 0 saturated heterocycles. The highest BCUT2D eigenvalue weighted by atomic mass is 14.3. The standard InChI is InChI=1S/C16H30/c1-2-15(16-12-7-13-16)11-5-3-4-8-14-9-6-10-14/h14-16H,2-13H2,1H3. The van der Waals surface area contributed by atoms with E-state index in [2.05, 4.69) is 6.92 Å². The number of unbranched alkanes of at least 4 members (excludes halogenated alkanes) is 2. The van der Waals surface area contributed by atoms with Crippen LogP contribution in [0.1, 0.15) is 84.0 Å². The molecule has 0 aromatic carbocycles. The van der Waals surface area contributed by atoms with Crippen LogP contribution in [-0.4, -0.2) is 0 Å². The first-order chi connectivity index (χ1) is 7.90. The summed E-state index contributed by atoms with van der Waals surface area (Å²) in [6.07, 6.45) is 18.3. The normalized spacial score (nSPS) is 23.8. The highest BCUT2D eigenvalue weighted by Gasteiger charge is 2.25. The number of hydrogen-bond donors (Lipinski definition) is 0. The summed E-state index contributed by atoms with van der Waals surface area (Å²) in [4.78, 5) is 0. The lowest BCUT2D eigenvalue weighted by atomic mass is 9.73. The van der Waals surface area contributed by atoms with Crippen LogP contribution >= 0.6 is 0 Å². The first-order valence-electron chi connectivity index (χ1n) is 7.90. The number of hydrogen-bond acceptors (Lipinski definition) is 0. The zero-order valence-corrected chi connectivity index (χ0v) is 11.2. The minimum atomic E-state index is 1.08. The molecule has 0 aliphatic heterocycles. The Morgan fingerprint density at radius 1 is 0.938 bits per heavy atom. The molecule has 2 aliphatic carbocycles. The zero-order valence-electron chi connectivity index (χ0n) is 11.2. The molecular formula is C16H30. The Morgan fingerprint density at radius 2 is 1.69 bits per heavy atom. The summed E-state index contributed by atoms with van der Waals surface area (Å²) in [5, 5.41) is 0. The van der Waals surface area contributed by atoms with Gasteiger partial charge < -0.3 is 0 Å². The van der Waals surface area contributed by atoms with Gasteiger partial charge in [0.25, 0.3) is 0 Å². The van der Waals surface area contributed by atoms with Crippen molar-refractivity contribution >= 4 is 0 Å². The van der Waals surface area contributed by atoms with Crippen LogP contribution in [0, 0.1) is 17.8 Å². The Kier molecular flexibility index (Phi) is 5.19. The topological polar surface area (TPSA) is 0 Å². The highest BCUT2D eigenvalue weighted by Crippen LogP contribution is 2.38. The van der Waals surface area contributed by atoms with Gasteiger partial charge in [-0.25, -0.2) is 0 Å². The molecule has 0 heteroatoms. The average Bonchev–Trinajstić information content (AvgIpc) is 2.15. The Bertz CT molecular complexity index is 176. The van der Waals surface area contributed by atoms with Crippen molar-refractivity contribution in [1.82, 2.24) is 0 Å². The van der Waals surface area contributed by atoms with E-state index in [0.29, 0.717) is 0 Å². The van der Waals surface area contributed by atoms with Crippen LogP contribution in [0.4, 0.5) is 0 Å². The molecule has 0 radical (unpaired) electrons. The van der Waals surface area contributed by atoms with Gasteiger partial charge in [0.15, 0.2) is 0 Å². The summed E-state index contributed by atoms with van der Waals surface area (Å²) in [6, 6.07) is 0. The molecule has 0 N–H and O–H groups in total. The van der Waals surface area contributed by atoms with Crippen LogP contribution in [0.2, 0.25) is 0 Å². The molecule has 0 heterocycles. The molecule has 1 unspecified atom stereocenters. The number of rotatable bonds is 8. The second-order valence-electron chi connectivity index (χ2n) is 6.29. The van der Waals surface area contributed by atoms with E-state index >= 15 is 0 Å². The van der Waals surface area contributed by atoms with E-state index in [0.717, 1.165) is 17.8 Å². The summed E-state index contributed by atoms with van der Waals surface area (Å²) in [5.41, 5.74) is 0. The summed E-state index contributed by atoms with van der Waals surface area (Å²) >= 11 is 0. The Balaban J connectivity index is 1.45. The second kappa shape index (κ2) is 6.67. The summed E-state index contributed by atoms with van der Waals surface area (Å²) in [7, 11) is 0. The zero-order chi connectivity index (χ0) is 11.2. The largest absolute Gasteiger partial charge is 0.0651 e. The van der Waals surface area contributed by atoms with E-state index in [1.165, 1.54) is 44.9 Å². The van der Waals surface area contributed by atoms with Gasteiger partial charge in [0.1, 0.15) is 0 Å². The van der Waals surface area contributed by atoms with Crippen molar-refractivity contribution in [2.45, 2.75) is 84.0 Å². The van der Waals surface area contributed by atoms with E-state index in [9.17, 15) is 0 Å². The predicted molar refractivity (Wildman–Crippen MR) is 71.5 cm³/mol. The average molecular weight is 222 g/mol. The van der Waals surface area contributed by atoms with Crippen molar-refractivity contribution in [3.05, 3.63) is 0 Å². The molecule has 94 valence electrons. The van der Waals surface area contributed by atoms with E-state index in [4.69, 9.17) is 0 Å². The van der Waals surface area contributed by atoms with E-state index in [1.807, 2.05) is 0 Å². The van der Waals surface area contributed by atoms with Gasteiger partial charge >= 0.3 is 0 Å². The SMILES string of the molecule is CCC(CCCCCC1CCC1)C1CCC1. The summed E-state index contributed by atoms with van der Waals surface area (Å²) in [6.45, 7) is 2.40. The van der Waals surface area contributed by atoms with Crippen LogP contribution in [0.3, 0.4) is 0 Å². The maximum absolute atomic E-state index is 2.40. The van der Waals surface area contributed by atoms with Crippen LogP contribution in [0.15, 0.2) is 0 Å². The molecule has 2 rings (SSSR count). The maximum Gasteiger partial charge on any atom is -0.0386 e. The fourth-order valence-electron chi connectivity index (χ4n) is 3.48. The van der Waals surface area contributed by atoms with E-state index in [1.54, 1.807) is 32.1 Å². The molecule has 2 fully saturated rings. The quantitative estimate of drug-likeness (QED) is 0.471. The third-order valence-corrected chi connectivity index (χ3v) is 5.25. The monoisotopic (exact) mass is 222 g/mol. The van der Waals surface area contributed by atoms with Crippen molar-refractivity contribution < 1.29 is 0 Å². The van der Waals surface area contributed by atoms with Crippen molar-refractivity contribution in [3.8, 4) is 0 Å². The van der Waals surface area contributed by atoms with Crippen LogP contribution < -0.4 is 0 Å². The minimum absolute atomic E-state index is 1.08. The Morgan fingerprint density at radius 3 is 2.19 bits per heavy atom. The molecule has 1 atom stereocenters. The first kappa shape index (κ1) is 12.5. The summed E-state index contributed by atoms with van der Waals surface area (Å²) < 4.78 is 0. The van der Waals surface area contributed by atoms with Crippen molar-refractivity contribution in [2.75, 3.05) is 0 Å². The molecule has 0 spiro atoms. The van der Waals surface area contributed by atoms with Crippen molar-refractivity contribution in [3.63, 3.8) is 0 Å². The minimum Gasteiger partial charge on any atom is -0.0651 e. The van der Waals surface area contributed by atoms with Gasteiger partial charge in [-0.2, -0.15) is 0 Å². The van der Waals surface area contributed by atoms with Gasteiger partial charge in [0.05, 0.1) is 0 Å². The van der Waals surface area contributed by atoms with Crippen molar-refractivity contribution in [2.24, 2.45) is 17.8 Å². The molecule has 0 amide bonds. The lowest BCUT2D eigenvalue weighted by Crippen LogP contribution is -2.21. The molecule has 0 aromatic rings. The molecule has 16 heavy (non-hydrogen) atoms. The lowest BCUT2D eigenvalue weighted by Gasteiger charge is -2.33. The van der Waals surface area contributed by atoms with Gasteiger partial charge in [0.2, 0.25) is 0 Å². The fourth-order valence-corrected chi connectivity index (χ4v) is 3.48. The molecular weight excluding hydrogens is 192 g/mol. The third-order valence-electron chi connectivity index (χ3n) is 5.25. The molecule has 0 nitrogen and oxygen atoms in total. The molecule has 0 bridgehead atoms. The van der Waals surface area contributed by atoms with E-state index in [-0.39, 0.29) is 0 Å². The predicted octanol–water partition coefficient (Wildman–Crippen LogP) is 5.56. The molecule has 2 saturated carbocycles. The van der Waals surface area contributed by atoms with Gasteiger partial charge in [0, 0.05) is 0 Å². The van der Waals surface area contributed by atoms with Gasteiger partial charge in [-0.1, -0.05) is 84.0 Å². The van der Waals surface area contributed by atoms with Gasteiger partial charge in [-0.05, 0) is 17.8 Å². The lowest BCUT2D eigenvalue weighted by molar-refractivity contribution is 0.185. The Hall–Kier alpha value is 0. The smallest absolute Gasteiger partial charge is 0.0386 e. The Labute approximate surface area is 102 Å². The maximum atomic E-state index is 2.40. The molecule has 0 aromatic heterocycles. The van der Waals surface area contributed by atoms with Crippen LogP contribution in [0.25, 0.3) is 0 Å². The second-order valence-corrected chi connectivity index (χ2v) is 6.29. The first-order valence-corrected chi connectivity index (χ1v) is 7.90. The van der Waals surface area contributed by atoms with Crippen LogP contribution in [0.5, 0.6) is 0 Å². The third kappa shape index (κ3) is 3.50. The summed E-state index contributed by atoms with van der Waals surface area (Å²) in [5.74, 6) is 3.34. The van der Waals surface area contributed by atoms with Gasteiger partial charge in [-0.15, -0.1) is 0 Å². The van der Waals surface area contributed by atoms with Crippen LogP contribution in [-0.2, 0) is 0 Å². The molecule has 2 aliphatic rings. The highest BCUT2D eigenvalue weighted by molar-refractivity contribution is 4.77. The van der Waals surface area contributed by atoms with E-state index < -0.39 is 0 Å². The van der Waals surface area contributed by atoms with Gasteiger partial charge in [-0.3, -0.25) is 0 Å². The van der Waals surface area contributed by atoms with Crippen molar-refractivity contribution in [1.29, 1.82) is 0 Å². The fraction of sp³-hybridized carbons (Fsp3) is 1.00.